The summed E-state index contributed by atoms with van der Waals surface area (Å²) in [4.78, 5) is 4.81. The van der Waals surface area contributed by atoms with Crippen LogP contribution in [0.25, 0.3) is 28.2 Å². The van der Waals surface area contributed by atoms with Crippen molar-refractivity contribution in [1.29, 1.82) is 5.41 Å². The summed E-state index contributed by atoms with van der Waals surface area (Å²) in [5.74, 6) is 0. The lowest BCUT2D eigenvalue weighted by Gasteiger charge is -2.20. The van der Waals surface area contributed by atoms with Crippen molar-refractivity contribution < 1.29 is 5.21 Å². The van der Waals surface area contributed by atoms with Crippen molar-refractivity contribution >= 4 is 44.3 Å². The normalized spacial score (nSPS) is 15.5. The van der Waals surface area contributed by atoms with Crippen LogP contribution in [0, 0.1) is 5.41 Å². The Kier molecular flexibility index (Phi) is 3.50. The van der Waals surface area contributed by atoms with Crippen molar-refractivity contribution in [3.63, 3.8) is 0 Å². The van der Waals surface area contributed by atoms with E-state index in [0.29, 0.717) is 4.48 Å². The first-order valence-corrected chi connectivity index (χ1v) is 8.17. The van der Waals surface area contributed by atoms with Crippen LogP contribution in [0.5, 0.6) is 0 Å². The van der Waals surface area contributed by atoms with Crippen molar-refractivity contribution in [2.24, 2.45) is 5.16 Å². The molecular formula is C19H12BrN3O. The Labute approximate surface area is 146 Å². The van der Waals surface area contributed by atoms with E-state index in [9.17, 15) is 5.21 Å². The van der Waals surface area contributed by atoms with Crippen molar-refractivity contribution in [1.82, 2.24) is 4.98 Å². The molecule has 4 nitrogen and oxygen atoms in total. The highest BCUT2D eigenvalue weighted by molar-refractivity contribution is 9.12. The molecule has 0 saturated carbocycles. The van der Waals surface area contributed by atoms with E-state index in [0.717, 1.165) is 33.3 Å². The van der Waals surface area contributed by atoms with E-state index in [4.69, 9.17) is 10.4 Å². The molecule has 0 saturated heterocycles. The van der Waals surface area contributed by atoms with Crippen LogP contribution in [0.1, 0.15) is 11.1 Å². The Bertz CT molecular complexity index is 1040. The van der Waals surface area contributed by atoms with Crippen molar-refractivity contribution in [3.8, 4) is 11.3 Å². The molecule has 1 heterocycles. The van der Waals surface area contributed by atoms with E-state index in [-0.39, 0.29) is 11.4 Å². The van der Waals surface area contributed by atoms with Gasteiger partial charge in [0.15, 0.2) is 0 Å². The molecule has 0 bridgehead atoms. The molecule has 0 radical (unpaired) electrons. The van der Waals surface area contributed by atoms with Crippen molar-refractivity contribution in [2.45, 2.75) is 0 Å². The molecule has 0 atom stereocenters. The van der Waals surface area contributed by atoms with Gasteiger partial charge in [0, 0.05) is 26.6 Å². The summed E-state index contributed by atoms with van der Waals surface area (Å²) in [6.07, 6.45) is 1.87. The first-order chi connectivity index (χ1) is 11.7. The number of nitrogens with zero attached hydrogens (tertiary/aromatic N) is 2. The number of halogens is 1. The fourth-order valence-corrected chi connectivity index (χ4v) is 3.49. The second kappa shape index (κ2) is 5.69. The molecule has 0 amide bonds. The molecule has 0 unspecified atom stereocenters. The summed E-state index contributed by atoms with van der Waals surface area (Å²) in [5, 5.41) is 21.9. The van der Waals surface area contributed by atoms with Crippen LogP contribution in [0.2, 0.25) is 0 Å². The number of oxime groups is 1. The summed E-state index contributed by atoms with van der Waals surface area (Å²) in [6, 6.07) is 17.6. The van der Waals surface area contributed by atoms with Crippen LogP contribution < -0.4 is 0 Å². The average Bonchev–Trinajstić information content (AvgIpc) is 2.62. The topological polar surface area (TPSA) is 69.3 Å². The third-order valence-corrected chi connectivity index (χ3v) is 4.67. The Morgan fingerprint density at radius 3 is 2.46 bits per heavy atom. The Hall–Kier alpha value is -2.79. The second-order valence-electron chi connectivity index (χ2n) is 5.45. The predicted octanol–water partition coefficient (Wildman–Crippen LogP) is 4.85. The zero-order chi connectivity index (χ0) is 16.7. The van der Waals surface area contributed by atoms with Gasteiger partial charge in [-0.15, -0.1) is 0 Å². The molecular weight excluding hydrogens is 366 g/mol. The van der Waals surface area contributed by atoms with Gasteiger partial charge in [-0.3, -0.25) is 5.41 Å². The van der Waals surface area contributed by atoms with E-state index < -0.39 is 0 Å². The van der Waals surface area contributed by atoms with E-state index in [1.54, 1.807) is 0 Å². The van der Waals surface area contributed by atoms with Gasteiger partial charge >= 0.3 is 0 Å². The van der Waals surface area contributed by atoms with Crippen LogP contribution in [-0.4, -0.2) is 21.6 Å². The maximum absolute atomic E-state index is 9.28. The SMILES string of the molecule is N=C1/C(=N\O)C(Br)=Cc2c(-c3ccccc3)nc3ccccc3c21. The fraction of sp³-hybridized carbons (Fsp3) is 0. The Morgan fingerprint density at radius 1 is 1.00 bits per heavy atom. The standard InChI is InChI=1S/C19H12BrN3O/c20-14-10-13-16(17(21)19(14)23-24)12-8-4-5-9-15(12)22-18(13)11-6-2-1-3-7-11/h1-10,21,24H/b21-17?,23-19-. The molecule has 5 heteroatoms. The zero-order valence-corrected chi connectivity index (χ0v) is 14.1. The predicted molar refractivity (Wildman–Crippen MR) is 100 cm³/mol. The second-order valence-corrected chi connectivity index (χ2v) is 6.30. The first-order valence-electron chi connectivity index (χ1n) is 7.38. The highest BCUT2D eigenvalue weighted by Crippen LogP contribution is 2.36. The maximum atomic E-state index is 9.28. The van der Waals surface area contributed by atoms with E-state index >= 15 is 0 Å². The summed E-state index contributed by atoms with van der Waals surface area (Å²) in [5.41, 5.74) is 4.58. The van der Waals surface area contributed by atoms with Gasteiger partial charge in [0.05, 0.1) is 16.9 Å². The molecule has 1 aliphatic rings. The fourth-order valence-electron chi connectivity index (χ4n) is 2.98. The number of nitrogens with one attached hydrogen (secondary N) is 1. The molecule has 1 aromatic heterocycles. The van der Waals surface area contributed by atoms with E-state index in [1.165, 1.54) is 0 Å². The van der Waals surface area contributed by atoms with Crippen LogP contribution in [0.3, 0.4) is 0 Å². The highest BCUT2D eigenvalue weighted by atomic mass is 79.9. The molecule has 4 rings (SSSR count). The maximum Gasteiger partial charge on any atom is 0.142 e. The molecule has 1 aliphatic carbocycles. The van der Waals surface area contributed by atoms with Crippen LogP contribution in [0.15, 0.2) is 64.2 Å². The van der Waals surface area contributed by atoms with Gasteiger partial charge in [0.25, 0.3) is 0 Å². The number of aromatic nitrogens is 1. The molecule has 3 aromatic rings. The number of pyridine rings is 1. The van der Waals surface area contributed by atoms with Gasteiger partial charge < -0.3 is 5.21 Å². The van der Waals surface area contributed by atoms with Gasteiger partial charge in [-0.1, -0.05) is 53.7 Å². The van der Waals surface area contributed by atoms with Crippen molar-refractivity contribution in [2.75, 3.05) is 0 Å². The average molecular weight is 378 g/mol. The third-order valence-electron chi connectivity index (χ3n) is 4.06. The third kappa shape index (κ3) is 2.17. The molecule has 0 aliphatic heterocycles. The monoisotopic (exact) mass is 377 g/mol. The van der Waals surface area contributed by atoms with Gasteiger partial charge in [0.1, 0.15) is 5.71 Å². The van der Waals surface area contributed by atoms with Crippen LogP contribution >= 0.6 is 15.9 Å². The number of hydrogen-bond donors (Lipinski definition) is 2. The number of fused-ring (bicyclic) bond motifs is 3. The molecule has 0 fully saturated rings. The molecule has 116 valence electrons. The molecule has 2 N–H and O–H groups in total. The van der Waals surface area contributed by atoms with E-state index in [2.05, 4.69) is 21.1 Å². The first kappa shape index (κ1) is 14.8. The molecule has 0 spiro atoms. The highest BCUT2D eigenvalue weighted by Gasteiger charge is 2.27. The van der Waals surface area contributed by atoms with Gasteiger partial charge in [-0.2, -0.15) is 0 Å². The largest absolute Gasteiger partial charge is 0.410 e. The summed E-state index contributed by atoms with van der Waals surface area (Å²) < 4.78 is 0.566. The van der Waals surface area contributed by atoms with E-state index in [1.807, 2.05) is 60.7 Å². The summed E-state index contributed by atoms with van der Waals surface area (Å²) >= 11 is 3.40. The van der Waals surface area contributed by atoms with Gasteiger partial charge in [-0.25, -0.2) is 4.98 Å². The van der Waals surface area contributed by atoms with Crippen LogP contribution in [0.4, 0.5) is 0 Å². The lowest BCUT2D eigenvalue weighted by molar-refractivity contribution is 0.320. The smallest absolute Gasteiger partial charge is 0.142 e. The summed E-state index contributed by atoms with van der Waals surface area (Å²) in [7, 11) is 0. The summed E-state index contributed by atoms with van der Waals surface area (Å²) in [6.45, 7) is 0. The minimum atomic E-state index is 0.178. The Balaban J connectivity index is 2.16. The number of benzene rings is 2. The minimum absolute atomic E-state index is 0.178. The Morgan fingerprint density at radius 2 is 1.71 bits per heavy atom. The number of allylic oxidation sites excluding steroid dienone is 1. The molecule has 2 aromatic carbocycles. The number of rotatable bonds is 1. The number of para-hydroxylation sites is 1. The number of hydrogen-bond acceptors (Lipinski definition) is 4. The lowest BCUT2D eigenvalue weighted by Crippen LogP contribution is -2.21. The van der Waals surface area contributed by atoms with Gasteiger partial charge in [0.2, 0.25) is 0 Å². The molecule has 24 heavy (non-hydrogen) atoms. The quantitative estimate of drug-likeness (QED) is 0.470. The minimum Gasteiger partial charge on any atom is -0.410 e. The zero-order valence-electron chi connectivity index (χ0n) is 12.5. The van der Waals surface area contributed by atoms with Gasteiger partial charge in [-0.05, 0) is 28.1 Å². The van der Waals surface area contributed by atoms with Crippen LogP contribution in [-0.2, 0) is 0 Å². The van der Waals surface area contributed by atoms with Crippen molar-refractivity contribution in [3.05, 3.63) is 70.2 Å². The lowest BCUT2D eigenvalue weighted by atomic mass is 9.88.